The van der Waals surface area contributed by atoms with Gasteiger partial charge in [-0.2, -0.15) is 0 Å². The number of carbonyl (C=O) groups excluding carboxylic acids is 1. The minimum absolute atomic E-state index is 0.251. The molecule has 2 aromatic carbocycles. The Hall–Kier alpha value is -2.49. The molecule has 6 heteroatoms. The number of nitrogens with one attached hydrogen (secondary N) is 1. The van der Waals surface area contributed by atoms with Crippen LogP contribution < -0.4 is 5.32 Å². The zero-order chi connectivity index (χ0) is 13.7. The van der Waals surface area contributed by atoms with E-state index in [0.717, 1.165) is 0 Å². The summed E-state index contributed by atoms with van der Waals surface area (Å²) in [6.45, 7) is 0. The summed E-state index contributed by atoms with van der Waals surface area (Å²) in [4.78, 5) is 14.6. The molecule has 0 saturated heterocycles. The number of nitrogens with zero attached hydrogens (tertiary/aromatic N) is 3. The smallest absolute Gasteiger partial charge is 0.255 e. The first kappa shape index (κ1) is 13.0. The first-order valence-electron chi connectivity index (χ1n) is 5.41. The third-order valence-corrected chi connectivity index (χ3v) is 2.61. The summed E-state index contributed by atoms with van der Waals surface area (Å²) < 4.78 is 0. The molecule has 0 spiro atoms. The van der Waals surface area contributed by atoms with Crippen LogP contribution in [0.4, 0.5) is 11.4 Å². The van der Waals surface area contributed by atoms with Gasteiger partial charge in [-0.05, 0) is 35.9 Å². The number of amides is 1. The molecule has 0 radical (unpaired) electrons. The quantitative estimate of drug-likeness (QED) is 0.497. The Morgan fingerprint density at radius 3 is 2.58 bits per heavy atom. The second-order valence-electron chi connectivity index (χ2n) is 3.70. The van der Waals surface area contributed by atoms with Crippen LogP contribution in [-0.2, 0) is 0 Å². The summed E-state index contributed by atoms with van der Waals surface area (Å²) in [5, 5.41) is 6.68. The van der Waals surface area contributed by atoms with E-state index in [0.29, 0.717) is 22.0 Å². The van der Waals surface area contributed by atoms with Crippen molar-refractivity contribution in [1.82, 2.24) is 0 Å². The maximum Gasteiger partial charge on any atom is 0.255 e. The van der Waals surface area contributed by atoms with Crippen LogP contribution in [0.3, 0.4) is 0 Å². The molecule has 94 valence electrons. The molecule has 0 aliphatic rings. The highest BCUT2D eigenvalue weighted by Gasteiger charge is 2.06. The summed E-state index contributed by atoms with van der Waals surface area (Å²) in [7, 11) is 0. The lowest BCUT2D eigenvalue weighted by atomic mass is 10.2. The number of carbonyl (C=O) groups is 1. The molecular weight excluding hydrogens is 264 g/mol. The topological polar surface area (TPSA) is 77.9 Å². The zero-order valence-electron chi connectivity index (χ0n) is 9.75. The monoisotopic (exact) mass is 272 g/mol. The fourth-order valence-electron chi connectivity index (χ4n) is 1.50. The molecule has 0 aromatic heterocycles. The molecule has 0 unspecified atom stereocenters. The third kappa shape index (κ3) is 3.48. The van der Waals surface area contributed by atoms with E-state index in [2.05, 4.69) is 15.3 Å². The van der Waals surface area contributed by atoms with Gasteiger partial charge in [0.1, 0.15) is 0 Å². The van der Waals surface area contributed by atoms with Gasteiger partial charge in [-0.25, -0.2) is 0 Å². The normalized spacial score (nSPS) is 9.53. The lowest BCUT2D eigenvalue weighted by Gasteiger charge is -2.05. The predicted octanol–water partition coefficient (Wildman–Crippen LogP) is 4.53. The van der Waals surface area contributed by atoms with E-state index in [1.165, 1.54) is 0 Å². The molecule has 2 aromatic rings. The molecule has 2 rings (SSSR count). The van der Waals surface area contributed by atoms with Crippen molar-refractivity contribution in [3.8, 4) is 0 Å². The van der Waals surface area contributed by atoms with E-state index in [-0.39, 0.29) is 5.91 Å². The Morgan fingerprint density at radius 1 is 1.21 bits per heavy atom. The van der Waals surface area contributed by atoms with Crippen LogP contribution in [0.25, 0.3) is 10.4 Å². The minimum Gasteiger partial charge on any atom is -0.322 e. The van der Waals surface area contributed by atoms with Gasteiger partial charge in [-0.15, -0.1) is 0 Å². The van der Waals surface area contributed by atoms with Crippen molar-refractivity contribution in [2.24, 2.45) is 5.11 Å². The van der Waals surface area contributed by atoms with Crippen LogP contribution in [0, 0.1) is 0 Å². The number of hydrogen-bond acceptors (Lipinski definition) is 2. The zero-order valence-corrected chi connectivity index (χ0v) is 10.5. The fraction of sp³-hybridized carbons (Fsp3) is 0. The van der Waals surface area contributed by atoms with Gasteiger partial charge in [0, 0.05) is 26.9 Å². The van der Waals surface area contributed by atoms with Crippen LogP contribution in [0.2, 0.25) is 5.02 Å². The van der Waals surface area contributed by atoms with Crippen molar-refractivity contribution >= 4 is 28.9 Å². The number of rotatable bonds is 3. The molecule has 0 bridgehead atoms. The van der Waals surface area contributed by atoms with E-state index in [1.807, 2.05) is 0 Å². The van der Waals surface area contributed by atoms with Crippen LogP contribution in [0.15, 0.2) is 53.6 Å². The highest BCUT2D eigenvalue weighted by molar-refractivity contribution is 6.31. The molecule has 0 aliphatic carbocycles. The first-order chi connectivity index (χ1) is 9.19. The number of halogens is 1. The second-order valence-corrected chi connectivity index (χ2v) is 4.14. The molecule has 5 nitrogen and oxygen atoms in total. The third-order valence-electron chi connectivity index (χ3n) is 2.37. The molecule has 0 heterocycles. The largest absolute Gasteiger partial charge is 0.322 e. The maximum atomic E-state index is 11.9. The van der Waals surface area contributed by atoms with E-state index < -0.39 is 0 Å². The highest BCUT2D eigenvalue weighted by atomic mass is 35.5. The van der Waals surface area contributed by atoms with Gasteiger partial charge in [0.25, 0.3) is 5.91 Å². The van der Waals surface area contributed by atoms with E-state index >= 15 is 0 Å². The Balaban J connectivity index is 2.12. The standard InChI is InChI=1S/C13H9ClN4O/c14-10-3-1-2-9(8-10)13(19)16-11-4-6-12(7-5-11)17-18-15/h1-8H,(H,16,19). The predicted molar refractivity (Wildman–Crippen MR) is 74.7 cm³/mol. The van der Waals surface area contributed by atoms with Gasteiger partial charge in [0.2, 0.25) is 0 Å². The van der Waals surface area contributed by atoms with E-state index in [9.17, 15) is 4.79 Å². The Kier molecular flexibility index (Phi) is 4.03. The van der Waals surface area contributed by atoms with Crippen molar-refractivity contribution in [2.45, 2.75) is 0 Å². The Morgan fingerprint density at radius 2 is 1.95 bits per heavy atom. The number of azide groups is 1. The van der Waals surface area contributed by atoms with Crippen molar-refractivity contribution in [1.29, 1.82) is 0 Å². The number of hydrogen-bond donors (Lipinski definition) is 1. The van der Waals surface area contributed by atoms with Crippen LogP contribution in [0.1, 0.15) is 10.4 Å². The molecule has 0 aliphatic heterocycles. The van der Waals surface area contributed by atoms with Gasteiger partial charge in [-0.3, -0.25) is 4.79 Å². The molecule has 0 atom stereocenters. The van der Waals surface area contributed by atoms with Gasteiger partial charge in [-0.1, -0.05) is 34.9 Å². The number of anilines is 1. The van der Waals surface area contributed by atoms with Crippen molar-refractivity contribution in [3.05, 3.63) is 69.6 Å². The van der Waals surface area contributed by atoms with E-state index in [1.54, 1.807) is 48.5 Å². The van der Waals surface area contributed by atoms with Crippen molar-refractivity contribution < 1.29 is 4.79 Å². The van der Waals surface area contributed by atoms with E-state index in [4.69, 9.17) is 17.1 Å². The Labute approximate surface area is 114 Å². The lowest BCUT2D eigenvalue weighted by molar-refractivity contribution is 0.102. The number of benzene rings is 2. The summed E-state index contributed by atoms with van der Waals surface area (Å²) in [6, 6.07) is 13.2. The van der Waals surface area contributed by atoms with Crippen LogP contribution in [0.5, 0.6) is 0 Å². The summed E-state index contributed by atoms with van der Waals surface area (Å²) in [5.41, 5.74) is 9.87. The maximum absolute atomic E-state index is 11.9. The van der Waals surface area contributed by atoms with Gasteiger partial charge in [0.15, 0.2) is 0 Å². The average Bonchev–Trinajstić information content (AvgIpc) is 2.41. The fourth-order valence-corrected chi connectivity index (χ4v) is 1.69. The average molecular weight is 273 g/mol. The first-order valence-corrected chi connectivity index (χ1v) is 5.79. The van der Waals surface area contributed by atoms with Crippen LogP contribution in [-0.4, -0.2) is 5.91 Å². The highest BCUT2D eigenvalue weighted by Crippen LogP contribution is 2.18. The van der Waals surface area contributed by atoms with Gasteiger partial charge in [0.05, 0.1) is 0 Å². The van der Waals surface area contributed by atoms with Gasteiger partial charge >= 0.3 is 0 Å². The summed E-state index contributed by atoms with van der Waals surface area (Å²) >= 11 is 5.82. The second kappa shape index (κ2) is 5.91. The summed E-state index contributed by atoms with van der Waals surface area (Å²) in [5.74, 6) is -0.251. The minimum atomic E-state index is -0.251. The molecule has 1 N–H and O–H groups in total. The lowest BCUT2D eigenvalue weighted by Crippen LogP contribution is -2.11. The van der Waals surface area contributed by atoms with Crippen molar-refractivity contribution in [2.75, 3.05) is 5.32 Å². The molecule has 19 heavy (non-hydrogen) atoms. The molecule has 1 amide bonds. The summed E-state index contributed by atoms with van der Waals surface area (Å²) in [6.07, 6.45) is 0. The molecule has 0 saturated carbocycles. The van der Waals surface area contributed by atoms with Crippen molar-refractivity contribution in [3.63, 3.8) is 0 Å². The molecule has 0 fully saturated rings. The SMILES string of the molecule is [N-]=[N+]=Nc1ccc(NC(=O)c2cccc(Cl)c2)cc1. The van der Waals surface area contributed by atoms with Crippen LogP contribution >= 0.6 is 11.6 Å². The van der Waals surface area contributed by atoms with Gasteiger partial charge < -0.3 is 5.32 Å². The molecular formula is C13H9ClN4O. The Bertz CT molecular complexity index is 648.